The molecule has 1 spiro atoms. The van der Waals surface area contributed by atoms with E-state index in [0.717, 1.165) is 11.6 Å². The predicted octanol–water partition coefficient (Wildman–Crippen LogP) is 5.37. The lowest BCUT2D eigenvalue weighted by Gasteiger charge is -2.39. The van der Waals surface area contributed by atoms with Crippen molar-refractivity contribution in [2.75, 3.05) is 18.0 Å². The van der Waals surface area contributed by atoms with Crippen molar-refractivity contribution < 1.29 is 18.7 Å². The van der Waals surface area contributed by atoms with E-state index < -0.39 is 39.7 Å². The fourth-order valence-corrected chi connectivity index (χ4v) is 6.02. The Labute approximate surface area is 235 Å². The van der Waals surface area contributed by atoms with E-state index in [9.17, 15) is 19.1 Å². The molecule has 6 rings (SSSR count). The van der Waals surface area contributed by atoms with Crippen molar-refractivity contribution in [1.29, 1.82) is 0 Å². The van der Waals surface area contributed by atoms with Gasteiger partial charge in [0, 0.05) is 24.7 Å². The molecule has 0 atom stereocenters. The average molecular weight is 558 g/mol. The molecule has 2 aliphatic rings. The molecular weight excluding hydrogens is 528 g/mol. The molecule has 1 saturated heterocycles. The molecule has 0 bridgehead atoms. The minimum absolute atomic E-state index is 0.0657. The first kappa shape index (κ1) is 26.7. The first-order valence-corrected chi connectivity index (χ1v) is 13.6. The predicted molar refractivity (Wildman–Crippen MR) is 151 cm³/mol. The number of hydrogen-bond acceptors (Lipinski definition) is 7. The highest BCUT2D eigenvalue weighted by Gasteiger charge is 2.42. The summed E-state index contributed by atoms with van der Waals surface area (Å²) < 4.78 is 32.0. The Hall–Kier alpha value is -4.47. The Morgan fingerprint density at radius 2 is 1.80 bits per heavy atom. The third-order valence-electron chi connectivity index (χ3n) is 8.28. The number of phenols is 1. The second-order valence-corrected chi connectivity index (χ2v) is 11.1. The number of phenolic OH excluding ortho intramolecular Hbond substituents is 1. The van der Waals surface area contributed by atoms with Crippen LogP contribution in [0, 0.1) is 24.0 Å². The Bertz CT molecular complexity index is 1790. The number of ketones is 1. The molecule has 0 saturated carbocycles. The van der Waals surface area contributed by atoms with Gasteiger partial charge in [0.05, 0.1) is 22.3 Å². The van der Waals surface area contributed by atoms with Crippen molar-refractivity contribution in [2.45, 2.75) is 46.0 Å². The molecule has 10 heteroatoms. The standard InChI is InChI=1S/C31H29F2N5O3/c1-17(2)25-27(18(3)9-13-34-25)38-29-19(16-21(33)26(35-29)24-20(32)6-4-7-22(24)39)28(36-30(38)41)37-14-11-31(12-15-37)10-5-8-23(31)40/h4-9,13,16-17,39H,10-12,14-15H2,1-3H3. The smallest absolute Gasteiger partial charge is 0.355 e. The van der Waals surface area contributed by atoms with Gasteiger partial charge in [0.2, 0.25) is 0 Å². The third-order valence-corrected chi connectivity index (χ3v) is 8.28. The van der Waals surface area contributed by atoms with E-state index in [0.29, 0.717) is 43.7 Å². The number of aromatic hydroxyl groups is 1. The van der Waals surface area contributed by atoms with Gasteiger partial charge in [0.1, 0.15) is 23.1 Å². The number of hydrogen-bond donors (Lipinski definition) is 1. The number of halogens is 2. The highest BCUT2D eigenvalue weighted by molar-refractivity contribution is 5.97. The summed E-state index contributed by atoms with van der Waals surface area (Å²) in [5, 5.41) is 10.7. The van der Waals surface area contributed by atoms with E-state index >= 15 is 4.39 Å². The number of rotatable bonds is 4. The number of benzene rings is 1. The van der Waals surface area contributed by atoms with Gasteiger partial charge < -0.3 is 10.0 Å². The number of fused-ring (bicyclic) bond motifs is 1. The van der Waals surface area contributed by atoms with Gasteiger partial charge in [0.15, 0.2) is 17.2 Å². The summed E-state index contributed by atoms with van der Waals surface area (Å²) in [6, 6.07) is 6.62. The largest absolute Gasteiger partial charge is 0.507 e. The molecule has 1 aliphatic heterocycles. The van der Waals surface area contributed by atoms with E-state index in [1.165, 1.54) is 22.8 Å². The monoisotopic (exact) mass is 557 g/mol. The van der Waals surface area contributed by atoms with Gasteiger partial charge in [-0.05, 0) is 68.0 Å². The first-order valence-electron chi connectivity index (χ1n) is 13.6. The highest BCUT2D eigenvalue weighted by Crippen LogP contribution is 2.42. The van der Waals surface area contributed by atoms with Crippen LogP contribution in [0.25, 0.3) is 28.0 Å². The van der Waals surface area contributed by atoms with Crippen molar-refractivity contribution >= 4 is 22.6 Å². The molecule has 8 nitrogen and oxygen atoms in total. The molecule has 1 aromatic carbocycles. The molecule has 3 aromatic heterocycles. The molecule has 1 N–H and O–H groups in total. The topological polar surface area (TPSA) is 101 Å². The summed E-state index contributed by atoms with van der Waals surface area (Å²) in [5.41, 5.74) is -0.0246. The fraction of sp³-hybridized carbons (Fsp3) is 0.323. The van der Waals surface area contributed by atoms with E-state index in [2.05, 4.69) is 15.0 Å². The van der Waals surface area contributed by atoms with Crippen LogP contribution in [0.4, 0.5) is 14.6 Å². The summed E-state index contributed by atoms with van der Waals surface area (Å²) in [6.45, 7) is 6.61. The van der Waals surface area contributed by atoms with Crippen molar-refractivity contribution in [3.63, 3.8) is 0 Å². The zero-order valence-electron chi connectivity index (χ0n) is 23.0. The second kappa shape index (κ2) is 9.87. The normalized spacial score (nSPS) is 16.4. The van der Waals surface area contributed by atoms with Crippen LogP contribution in [0.5, 0.6) is 5.75 Å². The number of allylic oxidation sites excluding steroid dienone is 2. The van der Waals surface area contributed by atoms with Gasteiger partial charge in [-0.1, -0.05) is 26.0 Å². The maximum atomic E-state index is 15.8. The summed E-state index contributed by atoms with van der Waals surface area (Å²) in [7, 11) is 0. The van der Waals surface area contributed by atoms with Crippen molar-refractivity contribution in [3.8, 4) is 22.7 Å². The third kappa shape index (κ3) is 4.29. The Morgan fingerprint density at radius 1 is 1.05 bits per heavy atom. The summed E-state index contributed by atoms with van der Waals surface area (Å²) >= 11 is 0. The molecule has 0 amide bonds. The molecular formula is C31H29F2N5O3. The van der Waals surface area contributed by atoms with Crippen molar-refractivity contribution in [3.05, 3.63) is 82.1 Å². The first-order chi connectivity index (χ1) is 19.6. The van der Waals surface area contributed by atoms with Crippen molar-refractivity contribution in [1.82, 2.24) is 19.5 Å². The Morgan fingerprint density at radius 3 is 2.46 bits per heavy atom. The van der Waals surface area contributed by atoms with Crippen LogP contribution < -0.4 is 10.6 Å². The van der Waals surface area contributed by atoms with Crippen LogP contribution >= 0.6 is 0 Å². The molecule has 1 aliphatic carbocycles. The molecule has 4 heterocycles. The lowest BCUT2D eigenvalue weighted by molar-refractivity contribution is -0.123. The summed E-state index contributed by atoms with van der Waals surface area (Å²) in [6.07, 6.45) is 7.00. The number of carbonyl (C=O) groups is 1. The maximum absolute atomic E-state index is 15.8. The van der Waals surface area contributed by atoms with E-state index in [4.69, 9.17) is 0 Å². The van der Waals surface area contributed by atoms with Gasteiger partial charge in [-0.2, -0.15) is 4.98 Å². The lowest BCUT2D eigenvalue weighted by Crippen LogP contribution is -2.43. The quantitative estimate of drug-likeness (QED) is 0.360. The van der Waals surface area contributed by atoms with Crippen LogP contribution in [0.1, 0.15) is 50.3 Å². The molecule has 41 heavy (non-hydrogen) atoms. The number of aromatic nitrogens is 4. The zero-order valence-corrected chi connectivity index (χ0v) is 23.0. The Kier molecular flexibility index (Phi) is 6.43. The van der Waals surface area contributed by atoms with E-state index in [-0.39, 0.29) is 28.6 Å². The van der Waals surface area contributed by atoms with Crippen LogP contribution in [-0.2, 0) is 4.79 Å². The summed E-state index contributed by atoms with van der Waals surface area (Å²) in [5.74, 6) is -1.91. The summed E-state index contributed by atoms with van der Waals surface area (Å²) in [4.78, 5) is 41.8. The van der Waals surface area contributed by atoms with Crippen molar-refractivity contribution in [2.24, 2.45) is 5.41 Å². The minimum Gasteiger partial charge on any atom is -0.507 e. The lowest BCUT2D eigenvalue weighted by atomic mass is 9.75. The van der Waals surface area contributed by atoms with Gasteiger partial charge in [-0.3, -0.25) is 9.78 Å². The number of aryl methyl sites for hydroxylation is 1. The van der Waals surface area contributed by atoms with E-state index in [1.54, 1.807) is 18.3 Å². The number of carbonyl (C=O) groups excluding carboxylic acids is 1. The van der Waals surface area contributed by atoms with Gasteiger partial charge in [-0.25, -0.2) is 23.1 Å². The molecule has 1 fully saturated rings. The number of nitrogens with zero attached hydrogens (tertiary/aromatic N) is 5. The van der Waals surface area contributed by atoms with Gasteiger partial charge >= 0.3 is 5.69 Å². The maximum Gasteiger partial charge on any atom is 0.355 e. The fourth-order valence-electron chi connectivity index (χ4n) is 6.02. The zero-order chi connectivity index (χ0) is 29.1. The number of pyridine rings is 2. The minimum atomic E-state index is -0.873. The number of anilines is 1. The SMILES string of the molecule is Cc1ccnc(C(C)C)c1-n1c(=O)nc(N2CCC3(CC=CC3=O)CC2)c2cc(F)c(-c3c(O)cccc3F)nc21. The average Bonchev–Trinajstić information content (AvgIpc) is 3.28. The molecule has 0 radical (unpaired) electrons. The van der Waals surface area contributed by atoms with Gasteiger partial charge in [0.25, 0.3) is 0 Å². The number of piperidine rings is 1. The van der Waals surface area contributed by atoms with E-state index in [1.807, 2.05) is 31.7 Å². The van der Waals surface area contributed by atoms with Gasteiger partial charge in [-0.15, -0.1) is 0 Å². The Balaban J connectivity index is 1.61. The highest BCUT2D eigenvalue weighted by atomic mass is 19.1. The van der Waals surface area contributed by atoms with Crippen LogP contribution in [0.15, 0.2) is 53.5 Å². The second-order valence-electron chi connectivity index (χ2n) is 11.1. The molecule has 0 unspecified atom stereocenters. The van der Waals surface area contributed by atoms with Crippen LogP contribution in [0.3, 0.4) is 0 Å². The molecule has 4 aromatic rings. The molecule has 210 valence electrons. The van der Waals surface area contributed by atoms with Crippen LogP contribution in [0.2, 0.25) is 0 Å². The van der Waals surface area contributed by atoms with Crippen LogP contribution in [-0.4, -0.2) is 43.5 Å².